The molecular formula is C17H27N5. The molecule has 120 valence electrons. The number of rotatable bonds is 3. The normalized spacial score (nSPS) is 22.0. The molecule has 1 fully saturated rings. The predicted octanol–water partition coefficient (Wildman–Crippen LogP) is 2.01. The summed E-state index contributed by atoms with van der Waals surface area (Å²) >= 11 is 0. The van der Waals surface area contributed by atoms with E-state index in [9.17, 15) is 0 Å². The molecule has 0 N–H and O–H groups in total. The molecule has 1 atom stereocenters. The minimum Gasteiger partial charge on any atom is -0.372 e. The quantitative estimate of drug-likeness (QED) is 0.851. The molecule has 0 spiro atoms. The zero-order chi connectivity index (χ0) is 15.7. The van der Waals surface area contributed by atoms with Gasteiger partial charge in [0, 0.05) is 39.3 Å². The van der Waals surface area contributed by atoms with Gasteiger partial charge in [-0.15, -0.1) is 0 Å². The molecule has 22 heavy (non-hydrogen) atoms. The van der Waals surface area contributed by atoms with Gasteiger partial charge in [0.2, 0.25) is 0 Å². The summed E-state index contributed by atoms with van der Waals surface area (Å²) in [4.78, 5) is 14.2. The van der Waals surface area contributed by atoms with Gasteiger partial charge in [-0.25, -0.2) is 4.98 Å². The molecule has 0 saturated carbocycles. The van der Waals surface area contributed by atoms with Crippen molar-refractivity contribution in [1.29, 1.82) is 0 Å². The molecule has 0 radical (unpaired) electrons. The van der Waals surface area contributed by atoms with Gasteiger partial charge in [0.1, 0.15) is 5.82 Å². The summed E-state index contributed by atoms with van der Waals surface area (Å²) in [5.74, 6) is 2.13. The monoisotopic (exact) mass is 301 g/mol. The Bertz CT molecular complexity index is 542. The van der Waals surface area contributed by atoms with Gasteiger partial charge in [0.25, 0.3) is 0 Å². The molecule has 3 rings (SSSR count). The molecule has 0 aliphatic carbocycles. The lowest BCUT2D eigenvalue weighted by Crippen LogP contribution is -2.32. The fourth-order valence-corrected chi connectivity index (χ4v) is 3.37. The van der Waals surface area contributed by atoms with Crippen LogP contribution in [0.25, 0.3) is 0 Å². The van der Waals surface area contributed by atoms with Crippen molar-refractivity contribution in [3.63, 3.8) is 0 Å². The standard InChI is InChI=1S/C17H27N5/c1-5-21-11-6-10-20(4)15-7-8-16(18-17(15)21)22-12-9-14(13-22)19(2)3/h5,7-8,14H,1,6,9-13H2,2-4H3/t14-/m0/s1. The third kappa shape index (κ3) is 2.77. The third-order valence-corrected chi connectivity index (χ3v) is 4.85. The number of hydrogen-bond donors (Lipinski definition) is 0. The van der Waals surface area contributed by atoms with Crippen LogP contribution in [0.15, 0.2) is 24.9 Å². The van der Waals surface area contributed by atoms with Crippen molar-refractivity contribution in [3.8, 4) is 0 Å². The van der Waals surface area contributed by atoms with Crippen molar-refractivity contribution in [3.05, 3.63) is 24.9 Å². The Morgan fingerprint density at radius 3 is 2.77 bits per heavy atom. The first kappa shape index (κ1) is 15.2. The lowest BCUT2D eigenvalue weighted by molar-refractivity contribution is 0.315. The van der Waals surface area contributed by atoms with E-state index < -0.39 is 0 Å². The summed E-state index contributed by atoms with van der Waals surface area (Å²) in [5, 5.41) is 0. The average Bonchev–Trinajstić information content (AvgIpc) is 2.95. The number of pyridine rings is 1. The number of anilines is 3. The second-order valence-corrected chi connectivity index (χ2v) is 6.52. The summed E-state index contributed by atoms with van der Waals surface area (Å²) in [7, 11) is 6.46. The highest BCUT2D eigenvalue weighted by atomic mass is 15.3. The second-order valence-electron chi connectivity index (χ2n) is 6.52. The van der Waals surface area contributed by atoms with Crippen LogP contribution in [0.4, 0.5) is 17.3 Å². The molecule has 0 amide bonds. The van der Waals surface area contributed by atoms with Crippen molar-refractivity contribution in [2.24, 2.45) is 0 Å². The molecule has 5 nitrogen and oxygen atoms in total. The first-order valence-corrected chi connectivity index (χ1v) is 8.13. The first-order chi connectivity index (χ1) is 10.6. The number of nitrogens with zero attached hydrogens (tertiary/aromatic N) is 5. The molecule has 3 heterocycles. The van der Waals surface area contributed by atoms with Gasteiger partial charge in [0.05, 0.1) is 5.69 Å². The van der Waals surface area contributed by atoms with Crippen LogP contribution in [-0.2, 0) is 0 Å². The molecule has 0 bridgehead atoms. The van der Waals surface area contributed by atoms with Crippen LogP contribution in [-0.4, -0.2) is 63.2 Å². The molecule has 0 unspecified atom stereocenters. The zero-order valence-corrected chi connectivity index (χ0v) is 14.0. The Morgan fingerprint density at radius 1 is 1.27 bits per heavy atom. The topological polar surface area (TPSA) is 25.9 Å². The maximum atomic E-state index is 4.97. The van der Waals surface area contributed by atoms with Crippen LogP contribution in [0.1, 0.15) is 12.8 Å². The highest BCUT2D eigenvalue weighted by Crippen LogP contribution is 2.33. The van der Waals surface area contributed by atoms with E-state index in [2.05, 4.69) is 59.5 Å². The van der Waals surface area contributed by atoms with E-state index in [4.69, 9.17) is 4.98 Å². The van der Waals surface area contributed by atoms with E-state index in [0.29, 0.717) is 6.04 Å². The number of aromatic nitrogens is 1. The van der Waals surface area contributed by atoms with Crippen molar-refractivity contribution in [2.75, 3.05) is 62.0 Å². The van der Waals surface area contributed by atoms with E-state index in [1.54, 1.807) is 0 Å². The summed E-state index contributed by atoms with van der Waals surface area (Å²) in [5.41, 5.74) is 1.20. The van der Waals surface area contributed by atoms with Gasteiger partial charge in [-0.2, -0.15) is 0 Å². The van der Waals surface area contributed by atoms with E-state index in [0.717, 1.165) is 44.2 Å². The third-order valence-electron chi connectivity index (χ3n) is 4.85. The van der Waals surface area contributed by atoms with Crippen molar-refractivity contribution in [2.45, 2.75) is 18.9 Å². The highest BCUT2D eigenvalue weighted by Gasteiger charge is 2.26. The minimum atomic E-state index is 0.624. The lowest BCUT2D eigenvalue weighted by Gasteiger charge is -2.25. The van der Waals surface area contributed by atoms with Crippen molar-refractivity contribution >= 4 is 17.3 Å². The summed E-state index contributed by atoms with van der Waals surface area (Å²) in [6, 6.07) is 5.00. The largest absolute Gasteiger partial charge is 0.372 e. The molecule has 2 aliphatic rings. The van der Waals surface area contributed by atoms with Gasteiger partial charge in [-0.1, -0.05) is 6.58 Å². The lowest BCUT2D eigenvalue weighted by atomic mass is 10.2. The van der Waals surface area contributed by atoms with Gasteiger partial charge in [-0.05, 0) is 45.3 Å². The maximum absolute atomic E-state index is 4.97. The zero-order valence-electron chi connectivity index (χ0n) is 14.0. The van der Waals surface area contributed by atoms with Gasteiger partial charge >= 0.3 is 0 Å². The Labute approximate surface area is 133 Å². The van der Waals surface area contributed by atoms with Crippen LogP contribution in [0.5, 0.6) is 0 Å². The maximum Gasteiger partial charge on any atom is 0.158 e. The fourth-order valence-electron chi connectivity index (χ4n) is 3.37. The van der Waals surface area contributed by atoms with Crippen LogP contribution >= 0.6 is 0 Å². The fraction of sp³-hybridized carbons (Fsp3) is 0.588. The van der Waals surface area contributed by atoms with Crippen LogP contribution in [0, 0.1) is 0 Å². The van der Waals surface area contributed by atoms with Gasteiger partial charge in [-0.3, -0.25) is 0 Å². The number of hydrogen-bond acceptors (Lipinski definition) is 5. The van der Waals surface area contributed by atoms with Gasteiger partial charge < -0.3 is 19.6 Å². The van der Waals surface area contributed by atoms with Crippen LogP contribution in [0.3, 0.4) is 0 Å². The van der Waals surface area contributed by atoms with Gasteiger partial charge in [0.15, 0.2) is 5.82 Å². The van der Waals surface area contributed by atoms with E-state index in [1.165, 1.54) is 12.1 Å². The minimum absolute atomic E-state index is 0.624. The summed E-state index contributed by atoms with van der Waals surface area (Å²) in [6.07, 6.45) is 4.23. The number of fused-ring (bicyclic) bond motifs is 1. The molecule has 0 aromatic carbocycles. The number of likely N-dealkylation sites (N-methyl/N-ethyl adjacent to an activating group) is 1. The highest BCUT2D eigenvalue weighted by molar-refractivity contribution is 5.71. The molecule has 1 aromatic rings. The first-order valence-electron chi connectivity index (χ1n) is 8.13. The van der Waals surface area contributed by atoms with Crippen molar-refractivity contribution < 1.29 is 0 Å². The van der Waals surface area contributed by atoms with E-state index in [-0.39, 0.29) is 0 Å². The molecule has 1 saturated heterocycles. The molecular weight excluding hydrogens is 274 g/mol. The predicted molar refractivity (Wildman–Crippen MR) is 94.0 cm³/mol. The summed E-state index contributed by atoms with van der Waals surface area (Å²) in [6.45, 7) is 8.14. The Morgan fingerprint density at radius 2 is 2.09 bits per heavy atom. The average molecular weight is 301 g/mol. The molecule has 5 heteroatoms. The molecule has 1 aromatic heterocycles. The second kappa shape index (κ2) is 6.16. The SMILES string of the molecule is C=CN1CCCN(C)c2ccc(N3CC[C@H](N(C)C)C3)nc21. The van der Waals surface area contributed by atoms with Crippen LogP contribution in [0.2, 0.25) is 0 Å². The Balaban J connectivity index is 1.89. The Kier molecular flexibility index (Phi) is 4.25. The molecule has 2 aliphatic heterocycles. The summed E-state index contributed by atoms with van der Waals surface area (Å²) < 4.78 is 0. The van der Waals surface area contributed by atoms with E-state index >= 15 is 0 Å². The van der Waals surface area contributed by atoms with E-state index in [1.807, 2.05) is 6.20 Å². The Hall–Kier alpha value is -1.75. The van der Waals surface area contributed by atoms with Crippen molar-refractivity contribution in [1.82, 2.24) is 9.88 Å². The van der Waals surface area contributed by atoms with Crippen LogP contribution < -0.4 is 14.7 Å². The smallest absolute Gasteiger partial charge is 0.158 e.